The molecule has 0 aromatic rings. The fourth-order valence-corrected chi connectivity index (χ4v) is 0.434. The first-order valence-corrected chi connectivity index (χ1v) is 3.95. The van der Waals surface area contributed by atoms with Gasteiger partial charge in [-0.2, -0.15) is 4.89 Å². The molecule has 82 valence electrons. The van der Waals surface area contributed by atoms with Crippen molar-refractivity contribution in [1.29, 1.82) is 0 Å². The zero-order valence-electron chi connectivity index (χ0n) is 7.69. The largest absolute Gasteiger partial charge is 0.491 e. The molecule has 0 aliphatic rings. The molecule has 0 aromatic carbocycles. The van der Waals surface area contributed by atoms with E-state index in [1.54, 1.807) is 0 Å². The summed E-state index contributed by atoms with van der Waals surface area (Å²) in [4.78, 5) is 17.0. The minimum Gasteiger partial charge on any atom is -0.480 e. The molecule has 0 saturated carbocycles. The topological polar surface area (TPSA) is 171 Å². The van der Waals surface area contributed by atoms with Crippen LogP contribution in [0.5, 0.6) is 0 Å². The van der Waals surface area contributed by atoms with Gasteiger partial charge in [-0.05, 0) is 11.0 Å². The molecule has 0 spiro atoms. The summed E-state index contributed by atoms with van der Waals surface area (Å²) in [6, 6.07) is -0.667. The second-order valence-electron chi connectivity index (χ2n) is 1.82. The van der Waals surface area contributed by atoms with Crippen LogP contribution in [0.4, 0.5) is 0 Å². The van der Waals surface area contributed by atoms with Crippen molar-refractivity contribution in [2.24, 2.45) is 5.73 Å². The van der Waals surface area contributed by atoms with Crippen LogP contribution in [-0.4, -0.2) is 22.0 Å². The van der Waals surface area contributed by atoms with Crippen molar-refractivity contribution in [2.45, 2.75) is 25.8 Å². The first kappa shape index (κ1) is 22.8. The standard InChI is InChI=1S/C5H11NO2.2H3N.HO2P/c1-2-3-4(6)5(7)8;;;1-3-2/h4H,2-3,6H2,1H3,(H,7,8);2*1H3;3H/p+1. The molecule has 0 radical (unpaired) electrons. The van der Waals surface area contributed by atoms with Gasteiger partial charge in [0.05, 0.1) is 0 Å². The van der Waals surface area contributed by atoms with Crippen LogP contribution >= 0.6 is 8.69 Å². The van der Waals surface area contributed by atoms with Gasteiger partial charge in [-0.15, -0.1) is 0 Å². The highest BCUT2D eigenvalue weighted by molar-refractivity contribution is 7.16. The van der Waals surface area contributed by atoms with E-state index in [4.69, 9.17) is 20.3 Å². The Morgan fingerprint density at radius 3 is 1.92 bits per heavy atom. The lowest BCUT2D eigenvalue weighted by Gasteiger charge is -2.00. The molecule has 0 bridgehead atoms. The van der Waals surface area contributed by atoms with Gasteiger partial charge < -0.3 is 23.1 Å². The van der Waals surface area contributed by atoms with Gasteiger partial charge in [0, 0.05) is 0 Å². The maximum Gasteiger partial charge on any atom is 0.491 e. The summed E-state index contributed by atoms with van der Waals surface area (Å²) in [5.74, 6) is -0.910. The van der Waals surface area contributed by atoms with Crippen molar-refractivity contribution in [3.05, 3.63) is 0 Å². The smallest absolute Gasteiger partial charge is 0.480 e. The highest BCUT2D eigenvalue weighted by Crippen LogP contribution is 1.91. The number of hydrogen-bond donors (Lipinski definition) is 5. The fourth-order valence-electron chi connectivity index (χ4n) is 0.434. The number of carboxylic acid groups (broad SMARTS) is 1. The summed E-state index contributed by atoms with van der Waals surface area (Å²) >= 11 is 0. The average molecular weight is 216 g/mol. The monoisotopic (exact) mass is 216 g/mol. The molecule has 0 aliphatic heterocycles. The number of rotatable bonds is 3. The fraction of sp³-hybridized carbons (Fsp3) is 0.800. The van der Waals surface area contributed by atoms with Crippen LogP contribution in [0.2, 0.25) is 0 Å². The summed E-state index contributed by atoms with van der Waals surface area (Å²) in [5, 5.41) is 8.19. The summed E-state index contributed by atoms with van der Waals surface area (Å²) < 4.78 is 8.51. The van der Waals surface area contributed by atoms with E-state index >= 15 is 0 Å². The highest BCUT2D eigenvalue weighted by Gasteiger charge is 2.07. The first-order valence-electron chi connectivity index (χ1n) is 3.09. The molecule has 13 heavy (non-hydrogen) atoms. The van der Waals surface area contributed by atoms with E-state index in [1.807, 2.05) is 6.92 Å². The molecular formula is C5H19N3O4P+. The maximum absolute atomic E-state index is 9.96. The molecule has 8 heteroatoms. The summed E-state index contributed by atoms with van der Waals surface area (Å²) in [7, 11) is -1.17. The Morgan fingerprint density at radius 1 is 1.54 bits per heavy atom. The number of carboxylic acids is 1. The number of aliphatic carboxylic acids is 1. The third kappa shape index (κ3) is 24.6. The van der Waals surface area contributed by atoms with Gasteiger partial charge in [-0.1, -0.05) is 13.3 Å². The molecule has 0 amide bonds. The van der Waals surface area contributed by atoms with Gasteiger partial charge in [-0.3, -0.25) is 4.79 Å². The minimum absolute atomic E-state index is 0. The third-order valence-electron chi connectivity index (χ3n) is 0.917. The number of nitrogens with two attached hydrogens (primary N) is 1. The van der Waals surface area contributed by atoms with Gasteiger partial charge in [0.1, 0.15) is 6.04 Å². The number of carbonyl (C=O) groups is 1. The van der Waals surface area contributed by atoms with Crippen molar-refractivity contribution >= 4 is 14.7 Å². The zero-order chi connectivity index (χ0) is 9.28. The molecule has 2 unspecified atom stereocenters. The van der Waals surface area contributed by atoms with E-state index in [2.05, 4.69) is 0 Å². The van der Waals surface area contributed by atoms with Crippen LogP contribution in [0.25, 0.3) is 0 Å². The van der Waals surface area contributed by atoms with Crippen molar-refractivity contribution < 1.29 is 19.4 Å². The Hall–Kier alpha value is -0.590. The predicted octanol–water partition coefficient (Wildman–Crippen LogP) is 0.440. The highest BCUT2D eigenvalue weighted by atomic mass is 31.1. The van der Waals surface area contributed by atoms with E-state index in [-0.39, 0.29) is 12.3 Å². The van der Waals surface area contributed by atoms with E-state index in [9.17, 15) is 4.79 Å². The van der Waals surface area contributed by atoms with Crippen molar-refractivity contribution in [1.82, 2.24) is 12.3 Å². The molecule has 0 saturated heterocycles. The van der Waals surface area contributed by atoms with Crippen molar-refractivity contribution in [3.63, 3.8) is 0 Å². The predicted molar refractivity (Wildman–Crippen MR) is 51.8 cm³/mol. The average Bonchev–Trinajstić information content (AvgIpc) is 1.90. The van der Waals surface area contributed by atoms with Crippen LogP contribution in [-0.2, 0) is 9.36 Å². The second-order valence-corrected chi connectivity index (χ2v) is 2.01. The molecule has 7 nitrogen and oxygen atoms in total. The second kappa shape index (κ2) is 17.5. The lowest BCUT2D eigenvalue weighted by atomic mass is 10.2. The Bertz CT molecular complexity index is 124. The van der Waals surface area contributed by atoms with Gasteiger partial charge in [-0.25, -0.2) is 0 Å². The molecule has 0 aromatic heterocycles. The minimum atomic E-state index is -1.17. The van der Waals surface area contributed by atoms with Crippen LogP contribution in [0.15, 0.2) is 0 Å². The van der Waals surface area contributed by atoms with Gasteiger partial charge >= 0.3 is 14.7 Å². The molecule has 2 atom stereocenters. The van der Waals surface area contributed by atoms with Crippen LogP contribution < -0.4 is 18.0 Å². The Kier molecular flexibility index (Phi) is 30.7. The molecule has 10 N–H and O–H groups in total. The maximum atomic E-state index is 9.96. The molecule has 0 heterocycles. The summed E-state index contributed by atoms with van der Waals surface area (Å²) in [6.07, 6.45) is 1.39. The molecule has 0 aliphatic carbocycles. The first-order chi connectivity index (χ1) is 5.09. The Balaban J connectivity index is -0.0000000720. The summed E-state index contributed by atoms with van der Waals surface area (Å²) in [6.45, 7) is 1.91. The van der Waals surface area contributed by atoms with Crippen LogP contribution in [0, 0.1) is 0 Å². The van der Waals surface area contributed by atoms with Gasteiger partial charge in [0.2, 0.25) is 0 Å². The van der Waals surface area contributed by atoms with Crippen LogP contribution in [0.3, 0.4) is 0 Å². The Morgan fingerprint density at radius 2 is 1.85 bits per heavy atom. The summed E-state index contributed by atoms with van der Waals surface area (Å²) in [5.41, 5.74) is 5.13. The molecule has 0 fully saturated rings. The van der Waals surface area contributed by atoms with E-state index in [0.29, 0.717) is 6.42 Å². The zero-order valence-corrected chi connectivity index (χ0v) is 8.69. The van der Waals surface area contributed by atoms with E-state index < -0.39 is 20.7 Å². The quantitative estimate of drug-likeness (QED) is 0.425. The SMILES string of the molecule is CCCC(N)C(=O)O.N.N.O=[PH+]O. The van der Waals surface area contributed by atoms with E-state index in [1.165, 1.54) is 0 Å². The van der Waals surface area contributed by atoms with Gasteiger partial charge in [0.25, 0.3) is 0 Å². The molecule has 0 rings (SSSR count). The normalized spacial score (nSPS) is 9.77. The van der Waals surface area contributed by atoms with Crippen molar-refractivity contribution in [3.8, 4) is 0 Å². The Labute approximate surface area is 78.8 Å². The van der Waals surface area contributed by atoms with E-state index in [0.717, 1.165) is 6.42 Å². The van der Waals surface area contributed by atoms with Crippen molar-refractivity contribution in [2.75, 3.05) is 0 Å². The van der Waals surface area contributed by atoms with Gasteiger partial charge in [0.15, 0.2) is 0 Å². The molecular weight excluding hydrogens is 197 g/mol. The third-order valence-corrected chi connectivity index (χ3v) is 0.917. The lowest BCUT2D eigenvalue weighted by molar-refractivity contribution is -0.138. The number of hydrogen-bond acceptors (Lipinski definition) is 5. The van der Waals surface area contributed by atoms with Crippen LogP contribution in [0.1, 0.15) is 19.8 Å². The lowest BCUT2D eigenvalue weighted by Crippen LogP contribution is -2.29.